The van der Waals surface area contributed by atoms with Crippen molar-refractivity contribution in [1.82, 2.24) is 4.98 Å². The molecule has 0 aliphatic carbocycles. The third-order valence-corrected chi connectivity index (χ3v) is 4.20. The van der Waals surface area contributed by atoms with Gasteiger partial charge in [0.25, 0.3) is 0 Å². The van der Waals surface area contributed by atoms with Crippen LogP contribution in [-0.4, -0.2) is 19.2 Å². The number of hydrogen-bond donors (Lipinski definition) is 1. The second-order valence-corrected chi connectivity index (χ2v) is 5.86. The lowest BCUT2D eigenvalue weighted by Crippen LogP contribution is -2.01. The fourth-order valence-electron chi connectivity index (χ4n) is 2.80. The van der Waals surface area contributed by atoms with Crippen LogP contribution in [0.25, 0.3) is 22.4 Å². The topological polar surface area (TPSA) is 81.2 Å². The fourth-order valence-corrected chi connectivity index (χ4v) is 2.80. The van der Waals surface area contributed by atoms with Gasteiger partial charge in [0.2, 0.25) is 0 Å². The number of pyridine rings is 1. The van der Waals surface area contributed by atoms with Crippen LogP contribution in [0.15, 0.2) is 48.5 Å². The van der Waals surface area contributed by atoms with Gasteiger partial charge in [0.15, 0.2) is 0 Å². The summed E-state index contributed by atoms with van der Waals surface area (Å²) >= 11 is 0. The van der Waals surface area contributed by atoms with Crippen LogP contribution in [0.5, 0.6) is 11.5 Å². The Morgan fingerprint density at radius 1 is 0.962 bits per heavy atom. The third-order valence-electron chi connectivity index (χ3n) is 4.20. The first-order valence-corrected chi connectivity index (χ1v) is 8.07. The van der Waals surface area contributed by atoms with Gasteiger partial charge in [-0.15, -0.1) is 0 Å². The van der Waals surface area contributed by atoms with Crippen LogP contribution in [0.2, 0.25) is 0 Å². The Bertz CT molecular complexity index is 989. The van der Waals surface area contributed by atoms with Crippen LogP contribution in [0, 0.1) is 18.3 Å². The number of aryl methyl sites for hydroxylation is 1. The second-order valence-electron chi connectivity index (χ2n) is 5.86. The van der Waals surface area contributed by atoms with E-state index < -0.39 is 0 Å². The van der Waals surface area contributed by atoms with Gasteiger partial charge in [-0.3, -0.25) is 0 Å². The van der Waals surface area contributed by atoms with Gasteiger partial charge in [0.1, 0.15) is 28.9 Å². The molecule has 0 bridgehead atoms. The number of anilines is 1. The van der Waals surface area contributed by atoms with Crippen molar-refractivity contribution in [1.29, 1.82) is 5.26 Å². The van der Waals surface area contributed by atoms with E-state index in [9.17, 15) is 5.26 Å². The zero-order valence-electron chi connectivity index (χ0n) is 14.9. The summed E-state index contributed by atoms with van der Waals surface area (Å²) < 4.78 is 10.8. The number of methoxy groups -OCH3 is 2. The number of aromatic nitrogens is 1. The van der Waals surface area contributed by atoms with Crippen LogP contribution in [0.1, 0.15) is 11.1 Å². The second kappa shape index (κ2) is 7.16. The molecule has 130 valence electrons. The monoisotopic (exact) mass is 345 g/mol. The Morgan fingerprint density at radius 3 is 2.31 bits per heavy atom. The number of nitrogen functional groups attached to an aromatic ring is 1. The standard InChI is InChI=1S/C21H19N3O2/c1-13-4-6-14(7-5-13)16-11-19(24-21(23)18(16)12-22)17-10-15(25-2)8-9-20(17)26-3/h4-11H,1-3H3,(H2,23,24). The molecule has 2 aromatic carbocycles. The SMILES string of the molecule is COc1ccc(OC)c(-c2cc(-c3ccc(C)cc3)c(C#N)c(N)n2)c1. The van der Waals surface area contributed by atoms with Crippen molar-refractivity contribution < 1.29 is 9.47 Å². The lowest BCUT2D eigenvalue weighted by Gasteiger charge is -2.13. The molecule has 3 aromatic rings. The number of nitrogens with two attached hydrogens (primary N) is 1. The number of rotatable bonds is 4. The zero-order valence-corrected chi connectivity index (χ0v) is 14.9. The molecule has 0 unspecified atom stereocenters. The molecule has 2 N–H and O–H groups in total. The first-order valence-electron chi connectivity index (χ1n) is 8.07. The average molecular weight is 345 g/mol. The molecule has 5 heteroatoms. The highest BCUT2D eigenvalue weighted by Gasteiger charge is 2.16. The maximum Gasteiger partial charge on any atom is 0.142 e. The normalized spacial score (nSPS) is 10.2. The summed E-state index contributed by atoms with van der Waals surface area (Å²) in [6, 6.07) is 17.4. The number of nitrogens with zero attached hydrogens (tertiary/aromatic N) is 2. The fraction of sp³-hybridized carbons (Fsp3) is 0.143. The van der Waals surface area contributed by atoms with E-state index in [1.54, 1.807) is 14.2 Å². The Morgan fingerprint density at radius 2 is 1.69 bits per heavy atom. The van der Waals surface area contributed by atoms with Crippen molar-refractivity contribution in [2.24, 2.45) is 0 Å². The first-order chi connectivity index (χ1) is 12.6. The molecule has 0 amide bonds. The van der Waals surface area contributed by atoms with Crippen molar-refractivity contribution in [3.63, 3.8) is 0 Å². The van der Waals surface area contributed by atoms with Gasteiger partial charge in [0.05, 0.1) is 19.9 Å². The van der Waals surface area contributed by atoms with Crippen LogP contribution in [0.3, 0.4) is 0 Å². The quantitative estimate of drug-likeness (QED) is 0.766. The zero-order chi connectivity index (χ0) is 18.7. The van der Waals surface area contributed by atoms with Crippen molar-refractivity contribution in [2.75, 3.05) is 20.0 Å². The number of nitriles is 1. The Balaban J connectivity index is 2.25. The van der Waals surface area contributed by atoms with E-state index in [1.165, 1.54) is 0 Å². The molecule has 5 nitrogen and oxygen atoms in total. The molecule has 26 heavy (non-hydrogen) atoms. The van der Waals surface area contributed by atoms with Gasteiger partial charge in [-0.1, -0.05) is 29.8 Å². The smallest absolute Gasteiger partial charge is 0.142 e. The molecule has 0 aliphatic heterocycles. The largest absolute Gasteiger partial charge is 0.497 e. The van der Waals surface area contributed by atoms with Crippen molar-refractivity contribution in [2.45, 2.75) is 6.92 Å². The van der Waals surface area contributed by atoms with Crippen molar-refractivity contribution in [3.05, 3.63) is 59.7 Å². The van der Waals surface area contributed by atoms with Crippen molar-refractivity contribution in [3.8, 4) is 40.0 Å². The molecule has 1 heterocycles. The molecular weight excluding hydrogens is 326 g/mol. The van der Waals surface area contributed by atoms with Gasteiger partial charge in [0, 0.05) is 11.1 Å². The Kier molecular flexibility index (Phi) is 4.76. The van der Waals surface area contributed by atoms with Crippen LogP contribution < -0.4 is 15.2 Å². The van der Waals surface area contributed by atoms with E-state index in [2.05, 4.69) is 11.1 Å². The maximum absolute atomic E-state index is 9.54. The minimum absolute atomic E-state index is 0.186. The van der Waals surface area contributed by atoms with E-state index in [0.717, 1.165) is 22.3 Å². The van der Waals surface area contributed by atoms with Gasteiger partial charge in [-0.05, 0) is 36.8 Å². The lowest BCUT2D eigenvalue weighted by atomic mass is 9.97. The van der Waals surface area contributed by atoms with Gasteiger partial charge >= 0.3 is 0 Å². The van der Waals surface area contributed by atoms with E-state index in [-0.39, 0.29) is 5.82 Å². The van der Waals surface area contributed by atoms with E-state index in [4.69, 9.17) is 15.2 Å². The van der Waals surface area contributed by atoms with E-state index in [1.807, 2.05) is 55.5 Å². The predicted molar refractivity (Wildman–Crippen MR) is 102 cm³/mol. The highest BCUT2D eigenvalue weighted by Crippen LogP contribution is 2.36. The molecule has 3 rings (SSSR count). The van der Waals surface area contributed by atoms with Gasteiger partial charge in [-0.25, -0.2) is 4.98 Å². The summed E-state index contributed by atoms with van der Waals surface area (Å²) in [5.41, 5.74) is 10.6. The highest BCUT2D eigenvalue weighted by molar-refractivity contribution is 5.82. The molecule has 0 radical (unpaired) electrons. The van der Waals surface area contributed by atoms with Gasteiger partial charge < -0.3 is 15.2 Å². The number of benzene rings is 2. The number of ether oxygens (including phenoxy) is 2. The summed E-state index contributed by atoms with van der Waals surface area (Å²) in [6.07, 6.45) is 0. The van der Waals surface area contributed by atoms with Crippen LogP contribution in [-0.2, 0) is 0 Å². The molecule has 0 aliphatic rings. The predicted octanol–water partition coefficient (Wildman–Crippen LogP) is 4.20. The molecule has 0 saturated carbocycles. The minimum Gasteiger partial charge on any atom is -0.497 e. The molecule has 0 saturated heterocycles. The van der Waals surface area contributed by atoms with Crippen LogP contribution in [0.4, 0.5) is 5.82 Å². The summed E-state index contributed by atoms with van der Waals surface area (Å²) in [5.74, 6) is 1.52. The average Bonchev–Trinajstić information content (AvgIpc) is 2.67. The van der Waals surface area contributed by atoms with E-state index in [0.29, 0.717) is 22.8 Å². The maximum atomic E-state index is 9.54. The molecular formula is C21H19N3O2. The van der Waals surface area contributed by atoms with Crippen LogP contribution >= 0.6 is 0 Å². The first kappa shape index (κ1) is 17.3. The molecule has 0 atom stereocenters. The van der Waals surface area contributed by atoms with E-state index >= 15 is 0 Å². The minimum atomic E-state index is 0.186. The van der Waals surface area contributed by atoms with Crippen molar-refractivity contribution >= 4 is 5.82 Å². The summed E-state index contributed by atoms with van der Waals surface area (Å²) in [6.45, 7) is 2.02. The summed E-state index contributed by atoms with van der Waals surface area (Å²) in [7, 11) is 3.20. The highest BCUT2D eigenvalue weighted by atomic mass is 16.5. The Labute approximate surface area is 152 Å². The lowest BCUT2D eigenvalue weighted by molar-refractivity contribution is 0.404. The Hall–Kier alpha value is -3.52. The third kappa shape index (κ3) is 3.17. The summed E-state index contributed by atoms with van der Waals surface area (Å²) in [4.78, 5) is 4.42. The molecule has 0 spiro atoms. The molecule has 1 aromatic heterocycles. The number of hydrogen-bond acceptors (Lipinski definition) is 5. The molecule has 0 fully saturated rings. The summed E-state index contributed by atoms with van der Waals surface area (Å²) in [5, 5.41) is 9.54. The van der Waals surface area contributed by atoms with Gasteiger partial charge in [-0.2, -0.15) is 5.26 Å².